The molecule has 108 valence electrons. The van der Waals surface area contributed by atoms with Crippen molar-refractivity contribution in [2.24, 2.45) is 5.73 Å². The Bertz CT molecular complexity index is 473. The summed E-state index contributed by atoms with van der Waals surface area (Å²) >= 11 is 0. The number of nitrogens with two attached hydrogens (primary N) is 1. The van der Waals surface area contributed by atoms with Crippen molar-refractivity contribution in [1.29, 1.82) is 0 Å². The zero-order valence-corrected chi connectivity index (χ0v) is 12.1. The fraction of sp³-hybridized carbons (Fsp3) is 0.385. The second-order valence-corrected chi connectivity index (χ2v) is 5.58. The Morgan fingerprint density at radius 1 is 1.32 bits per heavy atom. The summed E-state index contributed by atoms with van der Waals surface area (Å²) in [5.74, 6) is 0. The third kappa shape index (κ3) is 7.05. The van der Waals surface area contributed by atoms with Gasteiger partial charge in [0.2, 0.25) is 10.0 Å². The third-order valence-electron chi connectivity index (χ3n) is 1.96. The van der Waals surface area contributed by atoms with E-state index in [1.807, 2.05) is 0 Å². The van der Waals surface area contributed by atoms with Gasteiger partial charge in [-0.3, -0.25) is 0 Å². The first-order chi connectivity index (χ1) is 9.01. The van der Waals surface area contributed by atoms with Gasteiger partial charge in [0, 0.05) is 13.1 Å². The molecule has 1 rings (SSSR count). The standard InChI is InChI=1S/C10H13FN2O2S.C3H8/c11-6-9(7-12)8-13-16(14,15)10-4-2-1-3-5-10;1-3-2/h1-6,13H,7-8,12H2;3H2,1-2H3/b9-6+;. The van der Waals surface area contributed by atoms with Crippen LogP contribution < -0.4 is 10.5 Å². The molecule has 0 saturated carbocycles. The average molecular weight is 288 g/mol. The van der Waals surface area contributed by atoms with Crippen LogP contribution in [-0.4, -0.2) is 21.5 Å². The van der Waals surface area contributed by atoms with Gasteiger partial charge < -0.3 is 5.73 Å². The molecule has 0 aliphatic carbocycles. The first kappa shape index (κ1) is 17.8. The molecule has 0 atom stereocenters. The van der Waals surface area contributed by atoms with Crippen LogP contribution in [0, 0.1) is 0 Å². The molecule has 3 N–H and O–H groups in total. The maximum atomic E-state index is 12.2. The van der Waals surface area contributed by atoms with E-state index in [1.165, 1.54) is 18.6 Å². The Morgan fingerprint density at radius 3 is 2.26 bits per heavy atom. The Labute approximate surface area is 114 Å². The molecule has 0 aromatic heterocycles. The van der Waals surface area contributed by atoms with Crippen molar-refractivity contribution in [1.82, 2.24) is 4.72 Å². The van der Waals surface area contributed by atoms with E-state index in [-0.39, 0.29) is 23.6 Å². The molecule has 0 spiro atoms. The molecule has 0 fully saturated rings. The lowest BCUT2D eigenvalue weighted by atomic mass is 10.3. The summed E-state index contributed by atoms with van der Waals surface area (Å²) in [5, 5.41) is 0. The Balaban J connectivity index is 0.000000982. The lowest BCUT2D eigenvalue weighted by Crippen LogP contribution is -2.27. The minimum absolute atomic E-state index is 0.0200. The van der Waals surface area contributed by atoms with E-state index in [0.717, 1.165) is 0 Å². The minimum Gasteiger partial charge on any atom is -0.327 e. The fourth-order valence-corrected chi connectivity index (χ4v) is 2.08. The van der Waals surface area contributed by atoms with Gasteiger partial charge in [-0.25, -0.2) is 17.5 Å². The van der Waals surface area contributed by atoms with Crippen LogP contribution in [0.4, 0.5) is 4.39 Å². The van der Waals surface area contributed by atoms with Gasteiger partial charge in [-0.05, 0) is 17.7 Å². The largest absolute Gasteiger partial charge is 0.327 e. The predicted octanol–water partition coefficient (Wildman–Crippen LogP) is 2.19. The Morgan fingerprint density at radius 2 is 1.84 bits per heavy atom. The topological polar surface area (TPSA) is 72.2 Å². The van der Waals surface area contributed by atoms with E-state index >= 15 is 0 Å². The molecular weight excluding hydrogens is 267 g/mol. The van der Waals surface area contributed by atoms with Crippen molar-refractivity contribution in [2.45, 2.75) is 25.2 Å². The number of nitrogens with one attached hydrogen (secondary N) is 1. The molecule has 19 heavy (non-hydrogen) atoms. The summed E-state index contributed by atoms with van der Waals surface area (Å²) in [4.78, 5) is 0.144. The highest BCUT2D eigenvalue weighted by molar-refractivity contribution is 7.89. The lowest BCUT2D eigenvalue weighted by molar-refractivity contribution is 0.583. The zero-order chi connectivity index (χ0) is 14.7. The van der Waals surface area contributed by atoms with Crippen molar-refractivity contribution in [3.8, 4) is 0 Å². The Hall–Kier alpha value is -1.24. The van der Waals surface area contributed by atoms with Gasteiger partial charge in [-0.2, -0.15) is 0 Å². The van der Waals surface area contributed by atoms with Crippen LogP contribution >= 0.6 is 0 Å². The van der Waals surface area contributed by atoms with E-state index in [1.54, 1.807) is 18.2 Å². The molecule has 0 amide bonds. The van der Waals surface area contributed by atoms with Gasteiger partial charge in [0.05, 0.1) is 11.2 Å². The van der Waals surface area contributed by atoms with Gasteiger partial charge in [0.1, 0.15) is 0 Å². The van der Waals surface area contributed by atoms with E-state index in [0.29, 0.717) is 6.33 Å². The van der Waals surface area contributed by atoms with Crippen molar-refractivity contribution >= 4 is 10.0 Å². The summed E-state index contributed by atoms with van der Waals surface area (Å²) in [6.07, 6.45) is 1.56. The quantitative estimate of drug-likeness (QED) is 0.872. The summed E-state index contributed by atoms with van der Waals surface area (Å²) in [5.41, 5.74) is 5.40. The van der Waals surface area contributed by atoms with Crippen LogP contribution in [-0.2, 0) is 10.0 Å². The van der Waals surface area contributed by atoms with Crippen LogP contribution in [0.25, 0.3) is 0 Å². The number of hydrogen-bond donors (Lipinski definition) is 2. The molecule has 6 heteroatoms. The summed E-state index contributed by atoms with van der Waals surface area (Å²) in [7, 11) is -3.59. The molecular formula is C13H21FN2O2S. The highest BCUT2D eigenvalue weighted by Gasteiger charge is 2.12. The molecule has 0 saturated heterocycles. The first-order valence-corrected chi connectivity index (χ1v) is 7.53. The van der Waals surface area contributed by atoms with Crippen molar-refractivity contribution < 1.29 is 12.8 Å². The second kappa shape index (κ2) is 9.66. The third-order valence-corrected chi connectivity index (χ3v) is 3.38. The van der Waals surface area contributed by atoms with Gasteiger partial charge in [-0.1, -0.05) is 38.5 Å². The summed E-state index contributed by atoms with van der Waals surface area (Å²) in [6, 6.07) is 7.87. The average Bonchev–Trinajstić information content (AvgIpc) is 2.42. The highest BCUT2D eigenvalue weighted by atomic mass is 32.2. The van der Waals surface area contributed by atoms with Crippen LogP contribution in [0.3, 0.4) is 0 Å². The molecule has 0 radical (unpaired) electrons. The lowest BCUT2D eigenvalue weighted by Gasteiger charge is -2.07. The van der Waals surface area contributed by atoms with Crippen LogP contribution in [0.1, 0.15) is 20.3 Å². The van der Waals surface area contributed by atoms with Gasteiger partial charge in [0.15, 0.2) is 0 Å². The number of rotatable bonds is 5. The molecule has 0 aliphatic rings. The monoisotopic (exact) mass is 288 g/mol. The smallest absolute Gasteiger partial charge is 0.240 e. The summed E-state index contributed by atoms with van der Waals surface area (Å²) < 4.78 is 37.8. The van der Waals surface area contributed by atoms with Crippen molar-refractivity contribution in [3.63, 3.8) is 0 Å². The molecule has 0 aliphatic heterocycles. The molecule has 0 bridgehead atoms. The molecule has 0 unspecified atom stereocenters. The normalized spacial score (nSPS) is 11.7. The first-order valence-electron chi connectivity index (χ1n) is 6.04. The maximum absolute atomic E-state index is 12.2. The van der Waals surface area contributed by atoms with Crippen LogP contribution in [0.15, 0.2) is 47.1 Å². The van der Waals surface area contributed by atoms with E-state index in [9.17, 15) is 12.8 Å². The van der Waals surface area contributed by atoms with Crippen molar-refractivity contribution in [2.75, 3.05) is 13.1 Å². The SMILES string of the molecule is CCC.NC/C(=C\F)CNS(=O)(=O)c1ccccc1. The van der Waals surface area contributed by atoms with E-state index in [4.69, 9.17) is 5.73 Å². The Kier molecular flexibility index (Phi) is 9.03. The fourth-order valence-electron chi connectivity index (χ4n) is 1.03. The van der Waals surface area contributed by atoms with Gasteiger partial charge in [-0.15, -0.1) is 0 Å². The zero-order valence-electron chi connectivity index (χ0n) is 11.3. The van der Waals surface area contributed by atoms with Crippen molar-refractivity contribution in [3.05, 3.63) is 42.2 Å². The predicted molar refractivity (Wildman–Crippen MR) is 75.8 cm³/mol. The molecule has 1 aromatic carbocycles. The molecule has 4 nitrogen and oxygen atoms in total. The van der Waals surface area contributed by atoms with Gasteiger partial charge >= 0.3 is 0 Å². The van der Waals surface area contributed by atoms with Gasteiger partial charge in [0.25, 0.3) is 0 Å². The number of benzene rings is 1. The maximum Gasteiger partial charge on any atom is 0.240 e. The van der Waals surface area contributed by atoms with E-state index < -0.39 is 10.0 Å². The number of hydrogen-bond acceptors (Lipinski definition) is 3. The van der Waals surface area contributed by atoms with Crippen LogP contribution in [0.2, 0.25) is 0 Å². The number of halogens is 1. The van der Waals surface area contributed by atoms with Crippen LogP contribution in [0.5, 0.6) is 0 Å². The summed E-state index contributed by atoms with van der Waals surface area (Å²) in [6.45, 7) is 4.11. The second-order valence-electron chi connectivity index (χ2n) is 3.82. The molecule has 1 aromatic rings. The minimum atomic E-state index is -3.59. The number of sulfonamides is 1. The molecule has 0 heterocycles. The highest BCUT2D eigenvalue weighted by Crippen LogP contribution is 2.07. The van der Waals surface area contributed by atoms with E-state index in [2.05, 4.69) is 18.6 Å².